The molecule has 0 fully saturated rings. The summed E-state index contributed by atoms with van der Waals surface area (Å²) in [6.45, 7) is 0.359. The molecule has 0 aromatic carbocycles. The number of nitrogens with zero attached hydrogens (tertiary/aromatic N) is 6. The highest BCUT2D eigenvalue weighted by Gasteiger charge is 2.22. The average molecular weight is 379 g/mol. The third kappa shape index (κ3) is 3.00. The van der Waals surface area contributed by atoms with Gasteiger partial charge in [-0.05, 0) is 18.2 Å². The highest BCUT2D eigenvalue weighted by molar-refractivity contribution is 5.99. The maximum absolute atomic E-state index is 13.0. The van der Waals surface area contributed by atoms with E-state index in [1.165, 1.54) is 17.5 Å². The van der Waals surface area contributed by atoms with Crippen molar-refractivity contribution in [3.05, 3.63) is 60.1 Å². The minimum absolute atomic E-state index is 0.0163. The number of amides is 2. The number of primary amides is 1. The molecular formula is C18H17N7O3. The molecule has 0 bridgehead atoms. The summed E-state index contributed by atoms with van der Waals surface area (Å²) in [6.07, 6.45) is 6.46. The second-order valence-electron chi connectivity index (χ2n) is 6.34. The molecule has 142 valence electrons. The Hall–Kier alpha value is -3.95. The predicted molar refractivity (Wildman–Crippen MR) is 98.2 cm³/mol. The van der Waals surface area contributed by atoms with E-state index in [0.29, 0.717) is 18.0 Å². The van der Waals surface area contributed by atoms with Crippen molar-refractivity contribution in [1.82, 2.24) is 29.0 Å². The molecule has 4 aromatic heterocycles. The summed E-state index contributed by atoms with van der Waals surface area (Å²) in [5.41, 5.74) is 7.14. The lowest BCUT2D eigenvalue weighted by Crippen LogP contribution is -2.27. The Bertz CT molecular complexity index is 1170. The fourth-order valence-electron chi connectivity index (χ4n) is 2.96. The molecule has 2 N–H and O–H groups in total. The van der Waals surface area contributed by atoms with Gasteiger partial charge in [0.25, 0.3) is 11.8 Å². The first-order valence-electron chi connectivity index (χ1n) is 8.39. The van der Waals surface area contributed by atoms with E-state index in [1.807, 2.05) is 6.20 Å². The van der Waals surface area contributed by atoms with Crippen LogP contribution in [-0.2, 0) is 13.6 Å². The van der Waals surface area contributed by atoms with Crippen molar-refractivity contribution < 1.29 is 14.0 Å². The minimum Gasteiger partial charge on any atom is -0.463 e. The SMILES string of the molecule is CN(Cc1cnn(C)c1)C(=O)c1cc(-c2ccco2)n2cnc(C(N)=O)c2n1. The molecule has 0 radical (unpaired) electrons. The topological polar surface area (TPSA) is 125 Å². The summed E-state index contributed by atoms with van der Waals surface area (Å²) in [4.78, 5) is 34.6. The Kier molecular flexibility index (Phi) is 4.15. The molecule has 4 rings (SSSR count). The van der Waals surface area contributed by atoms with E-state index in [4.69, 9.17) is 10.2 Å². The molecule has 10 heteroatoms. The molecule has 0 atom stereocenters. The predicted octanol–water partition coefficient (Wildman–Crippen LogP) is 1.09. The molecule has 10 nitrogen and oxygen atoms in total. The summed E-state index contributed by atoms with van der Waals surface area (Å²) in [7, 11) is 3.47. The Morgan fingerprint density at radius 1 is 1.36 bits per heavy atom. The Labute approximate surface area is 159 Å². The molecule has 4 aromatic rings. The fraction of sp³-hybridized carbons (Fsp3) is 0.167. The summed E-state index contributed by atoms with van der Waals surface area (Å²) in [5.74, 6) is -0.547. The standard InChI is InChI=1S/C18H17N7O3/c1-23(8-11-7-21-24(2)9-11)18(27)12-6-13(14-4-3-5-28-14)25-10-20-15(16(19)26)17(25)22-12/h3-7,9-10H,8H2,1-2H3,(H2,19,26). The number of hydrogen-bond acceptors (Lipinski definition) is 6. The van der Waals surface area contributed by atoms with E-state index in [1.54, 1.807) is 47.6 Å². The number of hydrogen-bond donors (Lipinski definition) is 1. The molecule has 0 saturated heterocycles. The summed E-state index contributed by atoms with van der Waals surface area (Å²) in [6, 6.07) is 5.07. The molecule has 0 unspecified atom stereocenters. The highest BCUT2D eigenvalue weighted by Crippen LogP contribution is 2.24. The Morgan fingerprint density at radius 3 is 2.82 bits per heavy atom. The second kappa shape index (κ2) is 6.65. The van der Waals surface area contributed by atoms with Gasteiger partial charge in [-0.3, -0.25) is 18.7 Å². The number of imidazole rings is 1. The van der Waals surface area contributed by atoms with Gasteiger partial charge in [0.15, 0.2) is 17.1 Å². The first kappa shape index (κ1) is 17.5. The maximum Gasteiger partial charge on any atom is 0.272 e. The number of nitrogens with two attached hydrogens (primary N) is 1. The van der Waals surface area contributed by atoms with Crippen LogP contribution in [-0.4, -0.2) is 47.9 Å². The molecule has 0 aliphatic carbocycles. The van der Waals surface area contributed by atoms with E-state index in [9.17, 15) is 9.59 Å². The number of aryl methyl sites for hydroxylation is 1. The molecule has 0 aliphatic heterocycles. The number of carbonyl (C=O) groups is 2. The zero-order chi connectivity index (χ0) is 19.8. The third-order valence-corrected chi connectivity index (χ3v) is 4.25. The van der Waals surface area contributed by atoms with Crippen molar-refractivity contribution in [1.29, 1.82) is 0 Å². The van der Waals surface area contributed by atoms with Gasteiger partial charge < -0.3 is 15.1 Å². The van der Waals surface area contributed by atoms with Crippen LogP contribution in [0, 0.1) is 0 Å². The van der Waals surface area contributed by atoms with Gasteiger partial charge in [0, 0.05) is 32.4 Å². The van der Waals surface area contributed by atoms with Gasteiger partial charge in [-0.2, -0.15) is 5.10 Å². The summed E-state index contributed by atoms with van der Waals surface area (Å²) < 4.78 is 8.69. The first-order chi connectivity index (χ1) is 13.4. The van der Waals surface area contributed by atoms with E-state index in [0.717, 1.165) is 5.56 Å². The smallest absolute Gasteiger partial charge is 0.272 e. The van der Waals surface area contributed by atoms with Crippen molar-refractivity contribution in [3.63, 3.8) is 0 Å². The van der Waals surface area contributed by atoms with E-state index in [-0.39, 0.29) is 22.9 Å². The van der Waals surface area contributed by atoms with Gasteiger partial charge in [-0.1, -0.05) is 0 Å². The van der Waals surface area contributed by atoms with Crippen LogP contribution >= 0.6 is 0 Å². The molecule has 28 heavy (non-hydrogen) atoms. The Balaban J connectivity index is 1.78. The number of rotatable bonds is 5. The van der Waals surface area contributed by atoms with Crippen LogP contribution in [0.2, 0.25) is 0 Å². The van der Waals surface area contributed by atoms with Crippen molar-refractivity contribution in [2.24, 2.45) is 12.8 Å². The van der Waals surface area contributed by atoms with Crippen LogP contribution in [0.1, 0.15) is 26.5 Å². The lowest BCUT2D eigenvalue weighted by atomic mass is 10.2. The third-order valence-electron chi connectivity index (χ3n) is 4.25. The monoisotopic (exact) mass is 379 g/mol. The number of aromatic nitrogens is 5. The van der Waals surface area contributed by atoms with Gasteiger partial charge in [-0.25, -0.2) is 9.97 Å². The average Bonchev–Trinajstić information content (AvgIpc) is 3.40. The quantitative estimate of drug-likeness (QED) is 0.553. The molecule has 0 spiro atoms. The van der Waals surface area contributed by atoms with Crippen molar-refractivity contribution in [2.45, 2.75) is 6.54 Å². The zero-order valence-electron chi connectivity index (χ0n) is 15.2. The highest BCUT2D eigenvalue weighted by atomic mass is 16.3. The summed E-state index contributed by atoms with van der Waals surface area (Å²) in [5, 5.41) is 4.10. The fourth-order valence-corrected chi connectivity index (χ4v) is 2.96. The molecule has 2 amide bonds. The largest absolute Gasteiger partial charge is 0.463 e. The van der Waals surface area contributed by atoms with Crippen LogP contribution in [0.15, 0.2) is 47.6 Å². The van der Waals surface area contributed by atoms with E-state index < -0.39 is 5.91 Å². The van der Waals surface area contributed by atoms with Crippen LogP contribution in [0.5, 0.6) is 0 Å². The van der Waals surface area contributed by atoms with Gasteiger partial charge in [0.1, 0.15) is 12.0 Å². The van der Waals surface area contributed by atoms with Gasteiger partial charge in [-0.15, -0.1) is 0 Å². The molecule has 0 aliphatic rings. The second-order valence-corrected chi connectivity index (χ2v) is 6.34. The van der Waals surface area contributed by atoms with Gasteiger partial charge >= 0.3 is 0 Å². The number of carbonyl (C=O) groups excluding carboxylic acids is 2. The maximum atomic E-state index is 13.0. The number of furan rings is 1. The molecule has 0 saturated carbocycles. The normalized spacial score (nSPS) is 11.1. The van der Waals surface area contributed by atoms with E-state index in [2.05, 4.69) is 15.1 Å². The lowest BCUT2D eigenvalue weighted by Gasteiger charge is -2.16. The van der Waals surface area contributed by atoms with Crippen LogP contribution in [0.25, 0.3) is 17.1 Å². The van der Waals surface area contributed by atoms with Crippen LogP contribution in [0.4, 0.5) is 0 Å². The van der Waals surface area contributed by atoms with Crippen molar-refractivity contribution in [3.8, 4) is 11.5 Å². The van der Waals surface area contributed by atoms with Crippen LogP contribution < -0.4 is 5.73 Å². The molecular weight excluding hydrogens is 362 g/mol. The first-order valence-corrected chi connectivity index (χ1v) is 8.39. The lowest BCUT2D eigenvalue weighted by molar-refractivity contribution is 0.0779. The van der Waals surface area contributed by atoms with Gasteiger partial charge in [0.05, 0.1) is 18.2 Å². The summed E-state index contributed by atoms with van der Waals surface area (Å²) >= 11 is 0. The Morgan fingerprint density at radius 2 is 2.18 bits per heavy atom. The zero-order valence-corrected chi connectivity index (χ0v) is 15.2. The van der Waals surface area contributed by atoms with Crippen molar-refractivity contribution >= 4 is 17.5 Å². The van der Waals surface area contributed by atoms with Gasteiger partial charge in [0.2, 0.25) is 0 Å². The van der Waals surface area contributed by atoms with E-state index >= 15 is 0 Å². The number of fused-ring (bicyclic) bond motifs is 1. The minimum atomic E-state index is -0.728. The van der Waals surface area contributed by atoms with Crippen molar-refractivity contribution in [2.75, 3.05) is 7.05 Å². The van der Waals surface area contributed by atoms with Crippen LogP contribution in [0.3, 0.4) is 0 Å². The molecule has 4 heterocycles.